The third-order valence-corrected chi connectivity index (χ3v) is 4.76. The average molecular weight is 413 g/mol. The van der Waals surface area contributed by atoms with E-state index in [0.717, 1.165) is 6.07 Å². The van der Waals surface area contributed by atoms with Crippen molar-refractivity contribution in [3.05, 3.63) is 47.3 Å². The van der Waals surface area contributed by atoms with Gasteiger partial charge in [0.05, 0.1) is 18.3 Å². The highest BCUT2D eigenvalue weighted by Gasteiger charge is 2.36. The van der Waals surface area contributed by atoms with Crippen molar-refractivity contribution < 1.29 is 22.4 Å². The summed E-state index contributed by atoms with van der Waals surface area (Å²) >= 11 is 0. The van der Waals surface area contributed by atoms with E-state index in [1.54, 1.807) is 11.0 Å². The maximum atomic E-state index is 14.1. The van der Waals surface area contributed by atoms with Crippen LogP contribution in [0.15, 0.2) is 30.5 Å². The van der Waals surface area contributed by atoms with Crippen LogP contribution in [0.3, 0.4) is 0 Å². The Hall–Kier alpha value is -2.49. The molecule has 0 aliphatic carbocycles. The molecule has 1 N–H and O–H groups in total. The summed E-state index contributed by atoms with van der Waals surface area (Å²) in [5, 5.41) is 10.4. The van der Waals surface area contributed by atoms with Crippen LogP contribution >= 0.6 is 0 Å². The summed E-state index contributed by atoms with van der Waals surface area (Å²) in [4.78, 5) is 13.7. The number of carbonyl (C=O) groups is 1. The minimum atomic E-state index is -4.47. The fourth-order valence-electron chi connectivity index (χ4n) is 3.50. The number of hydrogen-bond donors (Lipinski definition) is 1. The summed E-state index contributed by atoms with van der Waals surface area (Å²) in [6.07, 6.45) is -3.96. The van der Waals surface area contributed by atoms with Gasteiger partial charge >= 0.3 is 6.18 Å². The Labute approximate surface area is 165 Å². The zero-order chi connectivity index (χ0) is 21.2. The van der Waals surface area contributed by atoms with E-state index < -0.39 is 17.9 Å². The molecule has 3 rings (SSSR count). The molecule has 0 saturated carbocycles. The van der Waals surface area contributed by atoms with Gasteiger partial charge in [-0.15, -0.1) is 5.10 Å². The second-order valence-electron chi connectivity index (χ2n) is 7.53. The molecule has 158 valence electrons. The molecular formula is C19H23F4N5O. The van der Waals surface area contributed by atoms with Crippen LogP contribution < -0.4 is 5.32 Å². The summed E-state index contributed by atoms with van der Waals surface area (Å²) < 4.78 is 55.3. The molecule has 29 heavy (non-hydrogen) atoms. The number of carbonyl (C=O) groups excluding carboxylic acids is 1. The minimum absolute atomic E-state index is 0.0177. The number of alkyl halides is 4. The van der Waals surface area contributed by atoms with E-state index >= 15 is 0 Å². The fraction of sp³-hybridized carbons (Fsp3) is 0.526. The van der Waals surface area contributed by atoms with Crippen LogP contribution in [-0.2, 0) is 19.3 Å². The van der Waals surface area contributed by atoms with Gasteiger partial charge in [-0.05, 0) is 31.9 Å². The Kier molecular flexibility index (Phi) is 6.21. The molecule has 1 amide bonds. The van der Waals surface area contributed by atoms with Crippen molar-refractivity contribution in [2.75, 3.05) is 6.54 Å². The minimum Gasteiger partial charge on any atom is -0.348 e. The summed E-state index contributed by atoms with van der Waals surface area (Å²) in [5.74, 6) is -0.364. The van der Waals surface area contributed by atoms with Gasteiger partial charge in [0.1, 0.15) is 6.17 Å². The normalized spacial score (nSPS) is 20.4. The molecule has 0 radical (unpaired) electrons. The molecule has 6 nitrogen and oxygen atoms in total. The fourth-order valence-corrected chi connectivity index (χ4v) is 3.50. The van der Waals surface area contributed by atoms with E-state index in [2.05, 4.69) is 15.6 Å². The molecule has 10 heteroatoms. The van der Waals surface area contributed by atoms with Crippen molar-refractivity contribution in [3.8, 4) is 0 Å². The van der Waals surface area contributed by atoms with Crippen LogP contribution in [0.2, 0.25) is 0 Å². The van der Waals surface area contributed by atoms with Gasteiger partial charge in [0.2, 0.25) is 0 Å². The van der Waals surface area contributed by atoms with E-state index in [9.17, 15) is 22.4 Å². The largest absolute Gasteiger partial charge is 0.416 e. The van der Waals surface area contributed by atoms with E-state index in [-0.39, 0.29) is 55.3 Å². The molecule has 1 aromatic carbocycles. The molecule has 2 heterocycles. The lowest BCUT2D eigenvalue weighted by molar-refractivity contribution is -0.138. The molecule has 2 aromatic rings. The molecule has 1 aliphatic rings. The first-order chi connectivity index (χ1) is 13.6. The van der Waals surface area contributed by atoms with Crippen molar-refractivity contribution >= 4 is 5.91 Å². The number of rotatable bonds is 6. The average Bonchev–Trinajstić information content (AvgIpc) is 3.21. The van der Waals surface area contributed by atoms with Gasteiger partial charge in [-0.3, -0.25) is 14.4 Å². The topological polar surface area (TPSA) is 63.1 Å². The summed E-state index contributed by atoms with van der Waals surface area (Å²) in [6, 6.07) is 4.91. The van der Waals surface area contributed by atoms with Crippen LogP contribution in [-0.4, -0.2) is 50.6 Å². The summed E-state index contributed by atoms with van der Waals surface area (Å²) in [7, 11) is 0. The number of halogens is 4. The van der Waals surface area contributed by atoms with Gasteiger partial charge in [-0.1, -0.05) is 23.4 Å². The lowest BCUT2D eigenvalue weighted by atomic mass is 10.1. The summed E-state index contributed by atoms with van der Waals surface area (Å²) in [6.45, 7) is 3.90. The molecule has 2 atom stereocenters. The Morgan fingerprint density at radius 2 is 2.03 bits per heavy atom. The smallest absolute Gasteiger partial charge is 0.348 e. The van der Waals surface area contributed by atoms with Crippen molar-refractivity contribution in [1.29, 1.82) is 0 Å². The van der Waals surface area contributed by atoms with Crippen LogP contribution in [0.1, 0.15) is 41.9 Å². The first-order valence-electron chi connectivity index (χ1n) is 9.37. The van der Waals surface area contributed by atoms with Crippen molar-refractivity contribution in [3.63, 3.8) is 0 Å². The number of benzene rings is 1. The second kappa shape index (κ2) is 8.48. The third-order valence-electron chi connectivity index (χ3n) is 4.76. The highest BCUT2D eigenvalue weighted by atomic mass is 19.4. The SMILES string of the molecule is CC(C)NC(=O)c1cn(CC2CC(F)CN2Cc2ccccc2C(F)(F)F)nn1. The molecule has 0 bridgehead atoms. The third kappa shape index (κ3) is 5.31. The summed E-state index contributed by atoms with van der Waals surface area (Å²) in [5.41, 5.74) is -0.466. The van der Waals surface area contributed by atoms with Gasteiger partial charge in [0.25, 0.3) is 5.91 Å². The van der Waals surface area contributed by atoms with Gasteiger partial charge in [0, 0.05) is 25.2 Å². The maximum Gasteiger partial charge on any atom is 0.416 e. The molecule has 2 unspecified atom stereocenters. The zero-order valence-corrected chi connectivity index (χ0v) is 16.2. The highest BCUT2D eigenvalue weighted by Crippen LogP contribution is 2.33. The molecule has 1 saturated heterocycles. The number of nitrogens with one attached hydrogen (secondary N) is 1. The van der Waals surface area contributed by atoms with Crippen molar-refractivity contribution in [2.24, 2.45) is 0 Å². The lowest BCUT2D eigenvalue weighted by Gasteiger charge is -2.25. The number of amides is 1. The Bertz CT molecular complexity index is 851. The zero-order valence-electron chi connectivity index (χ0n) is 16.2. The van der Waals surface area contributed by atoms with Gasteiger partial charge < -0.3 is 5.32 Å². The van der Waals surface area contributed by atoms with E-state index in [1.165, 1.54) is 23.0 Å². The Morgan fingerprint density at radius 3 is 2.72 bits per heavy atom. The lowest BCUT2D eigenvalue weighted by Crippen LogP contribution is -2.33. The quantitative estimate of drug-likeness (QED) is 0.740. The number of hydrogen-bond acceptors (Lipinski definition) is 4. The molecular weight excluding hydrogens is 390 g/mol. The predicted molar refractivity (Wildman–Crippen MR) is 97.8 cm³/mol. The van der Waals surface area contributed by atoms with Gasteiger partial charge in [0.15, 0.2) is 5.69 Å². The van der Waals surface area contributed by atoms with E-state index in [4.69, 9.17) is 0 Å². The number of aromatic nitrogens is 3. The van der Waals surface area contributed by atoms with Crippen LogP contribution in [0.4, 0.5) is 17.6 Å². The number of nitrogens with zero attached hydrogens (tertiary/aromatic N) is 4. The Balaban J connectivity index is 1.72. The van der Waals surface area contributed by atoms with Gasteiger partial charge in [-0.2, -0.15) is 13.2 Å². The van der Waals surface area contributed by atoms with Gasteiger partial charge in [-0.25, -0.2) is 4.39 Å². The first kappa shape index (κ1) is 21.2. The molecule has 1 aromatic heterocycles. The van der Waals surface area contributed by atoms with Crippen LogP contribution in [0.5, 0.6) is 0 Å². The first-order valence-corrected chi connectivity index (χ1v) is 9.37. The monoisotopic (exact) mass is 413 g/mol. The van der Waals surface area contributed by atoms with Crippen LogP contribution in [0.25, 0.3) is 0 Å². The molecule has 0 spiro atoms. The molecule has 1 fully saturated rings. The standard InChI is InChI=1S/C19H23F4N5O/c1-12(2)24-18(29)17-11-28(26-25-17)10-15-7-14(20)9-27(15)8-13-5-3-4-6-16(13)19(21,22)23/h3-6,11-12,14-15H,7-10H2,1-2H3,(H,24,29). The predicted octanol–water partition coefficient (Wildman–Crippen LogP) is 3.05. The maximum absolute atomic E-state index is 14.1. The van der Waals surface area contributed by atoms with Crippen molar-refractivity contribution in [2.45, 2.75) is 57.8 Å². The van der Waals surface area contributed by atoms with E-state index in [1.807, 2.05) is 13.8 Å². The number of likely N-dealkylation sites (tertiary alicyclic amines) is 1. The highest BCUT2D eigenvalue weighted by molar-refractivity contribution is 5.91. The molecule has 1 aliphatic heterocycles. The van der Waals surface area contributed by atoms with Crippen molar-refractivity contribution in [1.82, 2.24) is 25.2 Å². The second-order valence-corrected chi connectivity index (χ2v) is 7.53. The van der Waals surface area contributed by atoms with Crippen LogP contribution in [0, 0.1) is 0 Å². The Morgan fingerprint density at radius 1 is 1.31 bits per heavy atom. The van der Waals surface area contributed by atoms with E-state index in [0.29, 0.717) is 0 Å².